The minimum absolute atomic E-state index is 0.249. The Bertz CT molecular complexity index is 165. The van der Waals surface area contributed by atoms with Crippen molar-refractivity contribution in [2.75, 3.05) is 26.2 Å². The van der Waals surface area contributed by atoms with Crippen molar-refractivity contribution in [1.29, 1.82) is 0 Å². The van der Waals surface area contributed by atoms with Gasteiger partial charge in [0.15, 0.2) is 0 Å². The molecule has 0 atom stereocenters. The fraction of sp³-hybridized carbons (Fsp3) is 0.889. The minimum Gasteiger partial charge on any atom is -0.396 e. The van der Waals surface area contributed by atoms with Crippen LogP contribution in [0.1, 0.15) is 19.3 Å². The number of hydrogen-bond acceptors (Lipinski definition) is 3. The van der Waals surface area contributed by atoms with Gasteiger partial charge in [0.25, 0.3) is 0 Å². The van der Waals surface area contributed by atoms with Gasteiger partial charge in [-0.25, -0.2) is 0 Å². The van der Waals surface area contributed by atoms with E-state index in [0.717, 1.165) is 32.4 Å². The van der Waals surface area contributed by atoms with Crippen LogP contribution in [0, 0.1) is 5.92 Å². The topological polar surface area (TPSA) is 66.6 Å². The quantitative estimate of drug-likeness (QED) is 0.626. The maximum Gasteiger partial charge on any atom is 0.231 e. The van der Waals surface area contributed by atoms with Gasteiger partial charge in [0.2, 0.25) is 5.91 Å². The van der Waals surface area contributed by atoms with Gasteiger partial charge >= 0.3 is 0 Å². The molecule has 1 saturated heterocycles. The molecule has 4 nitrogen and oxygen atoms in total. The Kier molecular flexibility index (Phi) is 4.18. The van der Waals surface area contributed by atoms with E-state index in [1.807, 2.05) is 0 Å². The molecule has 0 unspecified atom stereocenters. The second-order valence-electron chi connectivity index (χ2n) is 3.70. The minimum atomic E-state index is -0.249. The molecule has 0 radical (unpaired) electrons. The molecule has 76 valence electrons. The normalized spacial score (nSPS) is 20.4. The molecule has 1 amide bonds. The van der Waals surface area contributed by atoms with Crippen molar-refractivity contribution in [2.24, 2.45) is 11.7 Å². The molecule has 1 rings (SSSR count). The van der Waals surface area contributed by atoms with Gasteiger partial charge in [-0.1, -0.05) is 0 Å². The number of aliphatic hydroxyl groups is 1. The van der Waals surface area contributed by atoms with Crippen molar-refractivity contribution < 1.29 is 9.90 Å². The van der Waals surface area contributed by atoms with Gasteiger partial charge in [0, 0.05) is 6.61 Å². The second-order valence-corrected chi connectivity index (χ2v) is 3.70. The SMILES string of the molecule is NC(=O)CN1CCC(CCO)CC1. The summed E-state index contributed by atoms with van der Waals surface area (Å²) in [6.45, 7) is 2.54. The molecule has 0 aromatic carbocycles. The highest BCUT2D eigenvalue weighted by Gasteiger charge is 2.19. The number of amides is 1. The number of rotatable bonds is 4. The number of nitrogens with zero attached hydrogens (tertiary/aromatic N) is 1. The summed E-state index contributed by atoms with van der Waals surface area (Å²) >= 11 is 0. The highest BCUT2D eigenvalue weighted by molar-refractivity contribution is 5.75. The van der Waals surface area contributed by atoms with Crippen molar-refractivity contribution >= 4 is 5.91 Å². The van der Waals surface area contributed by atoms with Gasteiger partial charge in [-0.2, -0.15) is 0 Å². The van der Waals surface area contributed by atoms with Crippen LogP contribution < -0.4 is 5.73 Å². The van der Waals surface area contributed by atoms with Crippen molar-refractivity contribution in [3.63, 3.8) is 0 Å². The Morgan fingerprint density at radius 1 is 1.46 bits per heavy atom. The summed E-state index contributed by atoms with van der Waals surface area (Å²) in [5.74, 6) is 0.384. The van der Waals surface area contributed by atoms with E-state index in [9.17, 15) is 4.79 Å². The summed E-state index contributed by atoms with van der Waals surface area (Å²) in [7, 11) is 0. The Balaban J connectivity index is 2.18. The Morgan fingerprint density at radius 2 is 2.08 bits per heavy atom. The van der Waals surface area contributed by atoms with E-state index >= 15 is 0 Å². The maximum atomic E-state index is 10.6. The molecule has 0 spiro atoms. The first-order valence-electron chi connectivity index (χ1n) is 4.84. The highest BCUT2D eigenvalue weighted by Crippen LogP contribution is 2.19. The Hall–Kier alpha value is -0.610. The first-order valence-corrected chi connectivity index (χ1v) is 4.84. The molecular weight excluding hydrogens is 168 g/mol. The summed E-state index contributed by atoms with van der Waals surface area (Å²) in [6, 6.07) is 0. The summed E-state index contributed by atoms with van der Waals surface area (Å²) in [4.78, 5) is 12.7. The number of carbonyl (C=O) groups excluding carboxylic acids is 1. The number of carbonyl (C=O) groups is 1. The van der Waals surface area contributed by atoms with E-state index in [2.05, 4.69) is 4.90 Å². The lowest BCUT2D eigenvalue weighted by molar-refractivity contribution is -0.119. The molecule has 4 heteroatoms. The molecule has 1 aliphatic heterocycles. The van der Waals surface area contributed by atoms with Gasteiger partial charge in [-0.05, 0) is 38.3 Å². The van der Waals surface area contributed by atoms with Crippen molar-refractivity contribution in [3.8, 4) is 0 Å². The lowest BCUT2D eigenvalue weighted by Crippen LogP contribution is -2.39. The van der Waals surface area contributed by atoms with Crippen LogP contribution in [0.3, 0.4) is 0 Å². The number of primary amides is 1. The van der Waals surface area contributed by atoms with Crippen molar-refractivity contribution in [3.05, 3.63) is 0 Å². The number of piperidine rings is 1. The van der Waals surface area contributed by atoms with Gasteiger partial charge < -0.3 is 10.8 Å². The van der Waals surface area contributed by atoms with Gasteiger partial charge in [0.05, 0.1) is 6.54 Å². The molecule has 0 saturated carbocycles. The van der Waals surface area contributed by atoms with Gasteiger partial charge in [-0.3, -0.25) is 9.69 Å². The third kappa shape index (κ3) is 3.74. The van der Waals surface area contributed by atoms with Crippen molar-refractivity contribution in [1.82, 2.24) is 4.90 Å². The van der Waals surface area contributed by atoms with Crippen LogP contribution in [0.15, 0.2) is 0 Å². The molecule has 0 aromatic heterocycles. The molecule has 0 aromatic rings. The summed E-state index contributed by atoms with van der Waals surface area (Å²) in [5.41, 5.74) is 5.10. The van der Waals surface area contributed by atoms with Crippen LogP contribution in [0.2, 0.25) is 0 Å². The zero-order valence-electron chi connectivity index (χ0n) is 7.91. The lowest BCUT2D eigenvalue weighted by atomic mass is 9.94. The summed E-state index contributed by atoms with van der Waals surface area (Å²) < 4.78 is 0. The number of hydrogen-bond donors (Lipinski definition) is 2. The molecular formula is C9H18N2O2. The van der Waals surface area contributed by atoms with Crippen LogP contribution in [0.25, 0.3) is 0 Å². The van der Waals surface area contributed by atoms with Gasteiger partial charge in [-0.15, -0.1) is 0 Å². The second kappa shape index (κ2) is 5.19. The largest absolute Gasteiger partial charge is 0.396 e. The molecule has 0 bridgehead atoms. The Labute approximate surface area is 78.7 Å². The molecule has 1 aliphatic rings. The van der Waals surface area contributed by atoms with E-state index in [-0.39, 0.29) is 12.5 Å². The average Bonchev–Trinajstić information content (AvgIpc) is 2.08. The first kappa shape index (κ1) is 10.5. The van der Waals surface area contributed by atoms with E-state index in [0.29, 0.717) is 12.5 Å². The standard InChI is InChI=1S/C9H18N2O2/c10-9(13)7-11-4-1-8(2-5-11)3-6-12/h8,12H,1-7H2,(H2,10,13). The fourth-order valence-electron chi connectivity index (χ4n) is 1.84. The van der Waals surface area contributed by atoms with E-state index < -0.39 is 0 Å². The van der Waals surface area contributed by atoms with E-state index in [1.165, 1.54) is 0 Å². The monoisotopic (exact) mass is 186 g/mol. The van der Waals surface area contributed by atoms with Crippen LogP contribution in [0.4, 0.5) is 0 Å². The fourth-order valence-corrected chi connectivity index (χ4v) is 1.84. The van der Waals surface area contributed by atoms with Gasteiger partial charge in [0.1, 0.15) is 0 Å². The smallest absolute Gasteiger partial charge is 0.231 e. The van der Waals surface area contributed by atoms with Crippen molar-refractivity contribution in [2.45, 2.75) is 19.3 Å². The summed E-state index contributed by atoms with van der Waals surface area (Å²) in [6.07, 6.45) is 3.05. The average molecular weight is 186 g/mol. The van der Waals surface area contributed by atoms with Crippen LogP contribution in [-0.4, -0.2) is 42.2 Å². The maximum absolute atomic E-state index is 10.6. The zero-order valence-corrected chi connectivity index (χ0v) is 7.91. The predicted molar refractivity (Wildman–Crippen MR) is 50.1 cm³/mol. The lowest BCUT2D eigenvalue weighted by Gasteiger charge is -2.30. The molecule has 1 heterocycles. The third-order valence-corrected chi connectivity index (χ3v) is 2.62. The molecule has 3 N–H and O–H groups in total. The van der Waals surface area contributed by atoms with Crippen LogP contribution >= 0.6 is 0 Å². The first-order chi connectivity index (χ1) is 6.22. The van der Waals surface area contributed by atoms with E-state index in [1.54, 1.807) is 0 Å². The van der Waals surface area contributed by atoms with Crippen LogP contribution in [0.5, 0.6) is 0 Å². The molecule has 0 aliphatic carbocycles. The predicted octanol–water partition coefficient (Wildman–Crippen LogP) is -0.434. The highest BCUT2D eigenvalue weighted by atomic mass is 16.3. The van der Waals surface area contributed by atoms with E-state index in [4.69, 9.17) is 10.8 Å². The molecule has 1 fully saturated rings. The Morgan fingerprint density at radius 3 is 2.54 bits per heavy atom. The zero-order chi connectivity index (χ0) is 9.68. The summed E-state index contributed by atoms with van der Waals surface area (Å²) in [5, 5.41) is 8.74. The molecule has 13 heavy (non-hydrogen) atoms. The third-order valence-electron chi connectivity index (χ3n) is 2.62. The van der Waals surface area contributed by atoms with Crippen LogP contribution in [-0.2, 0) is 4.79 Å². The number of likely N-dealkylation sites (tertiary alicyclic amines) is 1. The number of aliphatic hydroxyl groups excluding tert-OH is 1. The number of nitrogens with two attached hydrogens (primary N) is 1.